The van der Waals surface area contributed by atoms with Crippen LogP contribution in [0.3, 0.4) is 0 Å². The molecule has 0 spiro atoms. The van der Waals surface area contributed by atoms with E-state index >= 15 is 0 Å². The zero-order valence-electron chi connectivity index (χ0n) is 19.4. The third-order valence-electron chi connectivity index (χ3n) is 6.02. The summed E-state index contributed by atoms with van der Waals surface area (Å²) >= 11 is 1.51. The van der Waals surface area contributed by atoms with E-state index in [1.807, 2.05) is 36.4 Å². The molecule has 1 amide bonds. The summed E-state index contributed by atoms with van der Waals surface area (Å²) in [4.78, 5) is 24.5. The predicted octanol–water partition coefficient (Wildman–Crippen LogP) is 4.26. The number of anilines is 1. The lowest BCUT2D eigenvalue weighted by atomic mass is 10.1. The topological polar surface area (TPSA) is 115 Å². The highest BCUT2D eigenvalue weighted by Crippen LogP contribution is 2.43. The fraction of sp³-hybridized carbons (Fsp3) is 0.231. The molecule has 3 heterocycles. The minimum Gasteiger partial charge on any atom is -0.465 e. The predicted molar refractivity (Wildman–Crippen MR) is 136 cm³/mol. The van der Waals surface area contributed by atoms with Gasteiger partial charge in [0.15, 0.2) is 0 Å². The summed E-state index contributed by atoms with van der Waals surface area (Å²) in [6.45, 7) is 3.61. The molecule has 36 heavy (non-hydrogen) atoms. The fourth-order valence-corrected chi connectivity index (χ4v) is 5.06. The van der Waals surface area contributed by atoms with E-state index in [1.54, 1.807) is 12.3 Å². The number of ether oxygens (including phenoxy) is 1. The van der Waals surface area contributed by atoms with E-state index in [-0.39, 0.29) is 6.01 Å². The van der Waals surface area contributed by atoms with E-state index in [2.05, 4.69) is 38.4 Å². The van der Waals surface area contributed by atoms with Crippen molar-refractivity contribution < 1.29 is 14.6 Å². The lowest BCUT2D eigenvalue weighted by Gasteiger charge is -2.33. The quantitative estimate of drug-likeness (QED) is 0.479. The van der Waals surface area contributed by atoms with Crippen LogP contribution in [0, 0.1) is 11.3 Å². The van der Waals surface area contributed by atoms with Gasteiger partial charge in [0, 0.05) is 43.8 Å². The number of allylic oxidation sites excluding steroid dienone is 1. The number of piperazine rings is 1. The van der Waals surface area contributed by atoms with Crippen molar-refractivity contribution in [2.45, 2.75) is 18.0 Å². The molecule has 0 aliphatic carbocycles. The summed E-state index contributed by atoms with van der Waals surface area (Å²) in [5.41, 5.74) is 4.06. The molecule has 1 saturated heterocycles. The zero-order chi connectivity index (χ0) is 24.9. The van der Waals surface area contributed by atoms with Crippen LogP contribution in [0.15, 0.2) is 70.7 Å². The summed E-state index contributed by atoms with van der Waals surface area (Å²) in [5.74, 6) is 0. The van der Waals surface area contributed by atoms with Crippen LogP contribution in [0.1, 0.15) is 16.8 Å². The first-order valence-electron chi connectivity index (χ1n) is 11.5. The number of rotatable bonds is 6. The Bertz CT molecular complexity index is 1300. The number of amides is 1. The number of para-hydroxylation sites is 1. The van der Waals surface area contributed by atoms with Crippen molar-refractivity contribution in [1.82, 2.24) is 19.8 Å². The van der Waals surface area contributed by atoms with Crippen molar-refractivity contribution in [3.05, 3.63) is 82.6 Å². The molecule has 1 fully saturated rings. The minimum absolute atomic E-state index is 0.210. The van der Waals surface area contributed by atoms with E-state index in [0.717, 1.165) is 46.4 Å². The van der Waals surface area contributed by atoms with Crippen molar-refractivity contribution >= 4 is 29.1 Å². The van der Waals surface area contributed by atoms with Gasteiger partial charge in [-0.2, -0.15) is 10.2 Å². The number of thioether (sulfide) groups is 1. The molecular formula is C26H24N6O3S. The second kappa shape index (κ2) is 10.7. The van der Waals surface area contributed by atoms with E-state index in [0.29, 0.717) is 31.0 Å². The maximum atomic E-state index is 11.1. The van der Waals surface area contributed by atoms with Crippen LogP contribution >= 0.6 is 11.8 Å². The highest BCUT2D eigenvalue weighted by molar-refractivity contribution is 8.04. The molecule has 10 heteroatoms. The molecule has 9 nitrogen and oxygen atoms in total. The van der Waals surface area contributed by atoms with Gasteiger partial charge in [0.05, 0.1) is 16.4 Å². The van der Waals surface area contributed by atoms with Crippen LogP contribution in [-0.4, -0.2) is 57.1 Å². The van der Waals surface area contributed by atoms with Gasteiger partial charge in [0.2, 0.25) is 0 Å². The van der Waals surface area contributed by atoms with Gasteiger partial charge in [0.25, 0.3) is 0 Å². The first kappa shape index (κ1) is 23.7. The molecule has 0 radical (unpaired) electrons. The van der Waals surface area contributed by atoms with E-state index in [4.69, 9.17) is 9.84 Å². The summed E-state index contributed by atoms with van der Waals surface area (Å²) in [6, 6.07) is 20.2. The van der Waals surface area contributed by atoms with Crippen LogP contribution in [0.25, 0.3) is 5.57 Å². The maximum absolute atomic E-state index is 11.1. The Kier molecular flexibility index (Phi) is 7.02. The Morgan fingerprint density at radius 1 is 1.08 bits per heavy atom. The average molecular weight is 501 g/mol. The molecule has 5 rings (SSSR count). The number of fused-ring (bicyclic) bond motifs is 1. The fourth-order valence-electron chi connectivity index (χ4n) is 4.05. The van der Waals surface area contributed by atoms with Gasteiger partial charge in [-0.25, -0.2) is 9.78 Å². The zero-order valence-corrected chi connectivity index (χ0v) is 20.2. The Labute approximate surface area is 213 Å². The van der Waals surface area contributed by atoms with Gasteiger partial charge >= 0.3 is 12.1 Å². The van der Waals surface area contributed by atoms with Crippen molar-refractivity contribution in [1.29, 1.82) is 5.26 Å². The Hall–Kier alpha value is -4.07. The second-order valence-corrected chi connectivity index (χ2v) is 9.47. The number of benzene rings is 2. The molecular weight excluding hydrogens is 476 g/mol. The molecule has 2 aliphatic heterocycles. The first-order valence-corrected chi connectivity index (χ1v) is 12.3. The number of carbonyl (C=O) groups is 1. The van der Waals surface area contributed by atoms with Gasteiger partial charge in [-0.05, 0) is 29.3 Å². The van der Waals surface area contributed by atoms with Crippen molar-refractivity contribution in [3.63, 3.8) is 0 Å². The van der Waals surface area contributed by atoms with Crippen LogP contribution in [-0.2, 0) is 13.2 Å². The standard InChI is InChI=1S/C26H24N6O3S/c27-15-20(24-29-22-3-1-2-4-23(22)36-24)21-9-10-28-25(30-21)35-17-19-7-5-18(6-8-19)16-31-11-13-32(14-12-31)26(33)34/h1-10,29H,11-14,16-17H2,(H,33,34). The van der Waals surface area contributed by atoms with Crippen molar-refractivity contribution in [3.8, 4) is 12.1 Å². The molecule has 1 aromatic heterocycles. The summed E-state index contributed by atoms with van der Waals surface area (Å²) in [5, 5.41) is 22.9. The van der Waals surface area contributed by atoms with Crippen molar-refractivity contribution in [2.75, 3.05) is 31.5 Å². The number of nitriles is 1. The number of carboxylic acid groups (broad SMARTS) is 1. The Balaban J connectivity index is 1.19. The van der Waals surface area contributed by atoms with E-state index < -0.39 is 6.09 Å². The summed E-state index contributed by atoms with van der Waals surface area (Å²) in [6.07, 6.45) is 0.740. The van der Waals surface area contributed by atoms with Gasteiger partial charge < -0.3 is 20.1 Å². The Morgan fingerprint density at radius 2 is 1.83 bits per heavy atom. The van der Waals surface area contributed by atoms with Gasteiger partial charge in [0.1, 0.15) is 18.2 Å². The number of aromatic nitrogens is 2. The monoisotopic (exact) mass is 500 g/mol. The molecule has 2 aliphatic rings. The highest BCUT2D eigenvalue weighted by atomic mass is 32.2. The summed E-state index contributed by atoms with van der Waals surface area (Å²) < 4.78 is 5.82. The lowest BCUT2D eigenvalue weighted by Crippen LogP contribution is -2.47. The largest absolute Gasteiger partial charge is 0.465 e. The first-order chi connectivity index (χ1) is 17.6. The molecule has 2 N–H and O–H groups in total. The van der Waals surface area contributed by atoms with Crippen LogP contribution in [0.2, 0.25) is 0 Å². The highest BCUT2D eigenvalue weighted by Gasteiger charge is 2.22. The van der Waals surface area contributed by atoms with Gasteiger partial charge in [-0.3, -0.25) is 4.90 Å². The number of nitrogens with one attached hydrogen (secondary N) is 1. The second-order valence-electron chi connectivity index (χ2n) is 8.41. The molecule has 0 unspecified atom stereocenters. The van der Waals surface area contributed by atoms with E-state index in [9.17, 15) is 10.1 Å². The lowest BCUT2D eigenvalue weighted by molar-refractivity contribution is 0.103. The van der Waals surface area contributed by atoms with Crippen LogP contribution in [0.4, 0.5) is 10.5 Å². The molecule has 2 aromatic carbocycles. The smallest absolute Gasteiger partial charge is 0.407 e. The van der Waals surface area contributed by atoms with Crippen molar-refractivity contribution in [2.24, 2.45) is 0 Å². The number of nitrogens with zero attached hydrogens (tertiary/aromatic N) is 5. The SMILES string of the molecule is N#CC(=C1Nc2ccccc2S1)c1ccnc(OCc2ccc(CN3CCN(C(=O)O)CC3)cc2)n1. The van der Waals surface area contributed by atoms with E-state index in [1.165, 1.54) is 16.7 Å². The molecule has 3 aromatic rings. The minimum atomic E-state index is -0.853. The number of hydrogen-bond acceptors (Lipinski definition) is 8. The van der Waals surface area contributed by atoms with Crippen LogP contribution < -0.4 is 10.1 Å². The maximum Gasteiger partial charge on any atom is 0.407 e. The van der Waals surface area contributed by atoms with Crippen LogP contribution in [0.5, 0.6) is 6.01 Å². The van der Waals surface area contributed by atoms with Gasteiger partial charge in [-0.15, -0.1) is 0 Å². The third-order valence-corrected chi connectivity index (χ3v) is 7.10. The average Bonchev–Trinajstić information content (AvgIpc) is 3.33. The number of hydrogen-bond donors (Lipinski definition) is 2. The third kappa shape index (κ3) is 5.43. The Morgan fingerprint density at radius 3 is 2.56 bits per heavy atom. The summed E-state index contributed by atoms with van der Waals surface area (Å²) in [7, 11) is 0. The normalized spacial score (nSPS) is 16.6. The molecule has 0 atom stereocenters. The molecule has 182 valence electrons. The molecule has 0 bridgehead atoms. The molecule has 0 saturated carbocycles. The van der Waals surface area contributed by atoms with Gasteiger partial charge in [-0.1, -0.05) is 48.2 Å².